The van der Waals surface area contributed by atoms with E-state index in [0.29, 0.717) is 19.1 Å². The average Bonchev–Trinajstić information content (AvgIpc) is 2.38. The molecule has 0 aliphatic heterocycles. The summed E-state index contributed by atoms with van der Waals surface area (Å²) in [6.07, 6.45) is 9.32. The fourth-order valence-corrected chi connectivity index (χ4v) is 2.13. The molecule has 0 saturated heterocycles. The highest BCUT2D eigenvalue weighted by Gasteiger charge is 2.11. The normalized spacial score (nSPS) is 11.9. The van der Waals surface area contributed by atoms with Crippen LogP contribution < -0.4 is 0 Å². The van der Waals surface area contributed by atoms with Gasteiger partial charge < -0.3 is 9.47 Å². The van der Waals surface area contributed by atoms with Crippen LogP contribution in [0.15, 0.2) is 0 Å². The third kappa shape index (κ3) is 13.4. The Morgan fingerprint density at radius 3 is 2.05 bits per heavy atom. The van der Waals surface area contributed by atoms with Crippen molar-refractivity contribution in [2.24, 2.45) is 5.92 Å². The van der Waals surface area contributed by atoms with E-state index in [-0.39, 0.29) is 11.9 Å². The van der Waals surface area contributed by atoms with E-state index in [1.54, 1.807) is 0 Å². The summed E-state index contributed by atoms with van der Waals surface area (Å²) in [5.41, 5.74) is 0. The second-order valence-electron chi connectivity index (χ2n) is 5.35. The van der Waals surface area contributed by atoms with Gasteiger partial charge in [0.1, 0.15) is 0 Å². The van der Waals surface area contributed by atoms with E-state index in [2.05, 4.69) is 6.92 Å². The molecule has 0 aromatic heterocycles. The summed E-state index contributed by atoms with van der Waals surface area (Å²) in [6, 6.07) is 0. The molecule has 0 bridgehead atoms. The van der Waals surface area contributed by atoms with Gasteiger partial charge in [-0.25, -0.2) is 0 Å². The van der Waals surface area contributed by atoms with Crippen molar-refractivity contribution in [3.63, 3.8) is 0 Å². The van der Waals surface area contributed by atoms with E-state index in [9.17, 15) is 9.59 Å². The minimum absolute atomic E-state index is 0.245. The predicted octanol–water partition coefficient (Wildman–Crippen LogP) is 3.87. The van der Waals surface area contributed by atoms with Crippen LogP contribution in [0.5, 0.6) is 0 Å². The molecule has 0 radical (unpaired) electrons. The highest BCUT2D eigenvalue weighted by molar-refractivity contribution is 5.66. The minimum Gasteiger partial charge on any atom is -0.466 e. The van der Waals surface area contributed by atoms with Crippen molar-refractivity contribution >= 4 is 11.9 Å². The average molecular weight is 286 g/mol. The first kappa shape index (κ1) is 18.9. The van der Waals surface area contributed by atoms with Crippen molar-refractivity contribution < 1.29 is 19.1 Å². The monoisotopic (exact) mass is 286 g/mol. The molecule has 0 aliphatic carbocycles. The van der Waals surface area contributed by atoms with Gasteiger partial charge in [-0.15, -0.1) is 0 Å². The number of esters is 2. The number of ether oxygens (including phenoxy) is 2. The molecular formula is C16H30O4. The molecule has 0 aliphatic rings. The van der Waals surface area contributed by atoms with Crippen molar-refractivity contribution in [2.75, 3.05) is 13.2 Å². The van der Waals surface area contributed by atoms with Gasteiger partial charge in [0.15, 0.2) is 0 Å². The fraction of sp³-hybridized carbons (Fsp3) is 0.875. The SMILES string of the molecule is CCCCCCCCC(CCOC(C)=O)COC(C)=O. The first-order valence-corrected chi connectivity index (χ1v) is 7.83. The van der Waals surface area contributed by atoms with Gasteiger partial charge in [-0.3, -0.25) is 9.59 Å². The first-order chi connectivity index (χ1) is 9.56. The molecule has 0 saturated carbocycles. The Bertz CT molecular complexity index is 263. The maximum Gasteiger partial charge on any atom is 0.302 e. The Kier molecular flexibility index (Phi) is 12.3. The van der Waals surface area contributed by atoms with Crippen LogP contribution in [-0.2, 0) is 19.1 Å². The standard InChI is InChI=1S/C16H30O4/c1-4-5-6-7-8-9-10-16(13-20-15(3)18)11-12-19-14(2)17/h16H,4-13H2,1-3H3. The van der Waals surface area contributed by atoms with Gasteiger partial charge in [-0.2, -0.15) is 0 Å². The molecule has 0 rings (SSSR count). The van der Waals surface area contributed by atoms with Gasteiger partial charge >= 0.3 is 11.9 Å². The number of rotatable bonds is 12. The Morgan fingerprint density at radius 2 is 1.45 bits per heavy atom. The summed E-state index contributed by atoms with van der Waals surface area (Å²) >= 11 is 0. The third-order valence-electron chi connectivity index (χ3n) is 3.32. The second kappa shape index (κ2) is 12.9. The van der Waals surface area contributed by atoms with Crippen molar-refractivity contribution in [3.8, 4) is 0 Å². The summed E-state index contributed by atoms with van der Waals surface area (Å²) in [5, 5.41) is 0. The number of hydrogen-bond acceptors (Lipinski definition) is 4. The molecule has 0 spiro atoms. The van der Waals surface area contributed by atoms with Gasteiger partial charge in [0.2, 0.25) is 0 Å². The van der Waals surface area contributed by atoms with Gasteiger partial charge in [0.25, 0.3) is 0 Å². The molecule has 4 heteroatoms. The van der Waals surface area contributed by atoms with Crippen LogP contribution in [0.2, 0.25) is 0 Å². The molecule has 0 aromatic rings. The fourth-order valence-electron chi connectivity index (χ4n) is 2.13. The second-order valence-corrected chi connectivity index (χ2v) is 5.35. The molecule has 1 atom stereocenters. The number of hydrogen-bond donors (Lipinski definition) is 0. The lowest BCUT2D eigenvalue weighted by molar-refractivity contribution is -0.145. The van der Waals surface area contributed by atoms with Crippen LogP contribution in [0.4, 0.5) is 0 Å². The quantitative estimate of drug-likeness (QED) is 0.404. The van der Waals surface area contributed by atoms with Crippen molar-refractivity contribution in [2.45, 2.75) is 72.1 Å². The summed E-state index contributed by atoms with van der Waals surface area (Å²) in [7, 11) is 0. The maximum absolute atomic E-state index is 10.9. The molecule has 0 heterocycles. The lowest BCUT2D eigenvalue weighted by Crippen LogP contribution is -2.15. The minimum atomic E-state index is -0.254. The van der Waals surface area contributed by atoms with Gasteiger partial charge in [0.05, 0.1) is 13.2 Å². The molecule has 4 nitrogen and oxygen atoms in total. The van der Waals surface area contributed by atoms with Gasteiger partial charge in [-0.1, -0.05) is 45.4 Å². The molecule has 0 amide bonds. The van der Waals surface area contributed by atoms with E-state index < -0.39 is 0 Å². The maximum atomic E-state index is 10.9. The summed E-state index contributed by atoms with van der Waals surface area (Å²) in [4.78, 5) is 21.6. The number of carbonyl (C=O) groups is 2. The van der Waals surface area contributed by atoms with E-state index in [1.165, 1.54) is 46.0 Å². The van der Waals surface area contributed by atoms with E-state index in [4.69, 9.17) is 9.47 Å². The van der Waals surface area contributed by atoms with Gasteiger partial charge in [0, 0.05) is 13.8 Å². The van der Waals surface area contributed by atoms with E-state index >= 15 is 0 Å². The zero-order valence-electron chi connectivity index (χ0n) is 13.3. The van der Waals surface area contributed by atoms with Crippen LogP contribution in [0.25, 0.3) is 0 Å². The molecule has 20 heavy (non-hydrogen) atoms. The Labute approximate surface area is 123 Å². The molecule has 118 valence electrons. The van der Waals surface area contributed by atoms with Gasteiger partial charge in [-0.05, 0) is 18.8 Å². The summed E-state index contributed by atoms with van der Waals surface area (Å²) < 4.78 is 10.0. The number of unbranched alkanes of at least 4 members (excludes halogenated alkanes) is 5. The topological polar surface area (TPSA) is 52.6 Å². The molecule has 0 N–H and O–H groups in total. The first-order valence-electron chi connectivity index (χ1n) is 7.83. The molecule has 1 unspecified atom stereocenters. The summed E-state index contributed by atoms with van der Waals surface area (Å²) in [5.74, 6) is -0.203. The van der Waals surface area contributed by atoms with Crippen LogP contribution in [-0.4, -0.2) is 25.2 Å². The van der Waals surface area contributed by atoms with E-state index in [1.807, 2.05) is 0 Å². The lowest BCUT2D eigenvalue weighted by Gasteiger charge is -2.16. The third-order valence-corrected chi connectivity index (χ3v) is 3.32. The smallest absolute Gasteiger partial charge is 0.302 e. The van der Waals surface area contributed by atoms with Crippen molar-refractivity contribution in [1.29, 1.82) is 0 Å². The van der Waals surface area contributed by atoms with E-state index in [0.717, 1.165) is 19.3 Å². The van der Waals surface area contributed by atoms with Crippen LogP contribution in [0.1, 0.15) is 72.1 Å². The summed E-state index contributed by atoms with van der Waals surface area (Å²) in [6.45, 7) is 5.90. The van der Waals surface area contributed by atoms with Crippen LogP contribution in [0, 0.1) is 5.92 Å². The highest BCUT2D eigenvalue weighted by Crippen LogP contribution is 2.16. The molecule has 0 aromatic carbocycles. The highest BCUT2D eigenvalue weighted by atomic mass is 16.5. The molecular weight excluding hydrogens is 256 g/mol. The van der Waals surface area contributed by atoms with Crippen molar-refractivity contribution in [3.05, 3.63) is 0 Å². The largest absolute Gasteiger partial charge is 0.466 e. The zero-order chi connectivity index (χ0) is 15.2. The molecule has 0 fully saturated rings. The lowest BCUT2D eigenvalue weighted by atomic mass is 9.98. The Morgan fingerprint density at radius 1 is 0.850 bits per heavy atom. The van der Waals surface area contributed by atoms with Crippen molar-refractivity contribution in [1.82, 2.24) is 0 Å². The Hall–Kier alpha value is -1.06. The Balaban J connectivity index is 3.79. The zero-order valence-corrected chi connectivity index (χ0v) is 13.3. The number of carbonyl (C=O) groups excluding carboxylic acids is 2. The van der Waals surface area contributed by atoms with Crippen LogP contribution >= 0.6 is 0 Å². The predicted molar refractivity (Wildman–Crippen MR) is 79.4 cm³/mol. The van der Waals surface area contributed by atoms with Crippen LogP contribution in [0.3, 0.4) is 0 Å².